The number of halogens is 1. The lowest BCUT2D eigenvalue weighted by Crippen LogP contribution is -2.10. The Hall–Kier alpha value is -1.40. The highest BCUT2D eigenvalue weighted by atomic mass is 35.5. The monoisotopic (exact) mass is 323 g/mol. The predicted octanol–water partition coefficient (Wildman–Crippen LogP) is 3.16. The van der Waals surface area contributed by atoms with Crippen LogP contribution in [0.5, 0.6) is 0 Å². The molecule has 0 amide bonds. The SMILES string of the molecule is CCn1nc(C)c2nc(CCCl)n(Cc3csc(C)n3)c21. The van der Waals surface area contributed by atoms with E-state index in [0.717, 1.165) is 52.9 Å². The Morgan fingerprint density at radius 1 is 1.29 bits per heavy atom. The van der Waals surface area contributed by atoms with Crippen molar-refractivity contribution in [2.24, 2.45) is 0 Å². The molecular formula is C14H18ClN5S. The van der Waals surface area contributed by atoms with Crippen LogP contribution in [-0.2, 0) is 19.5 Å². The molecule has 3 rings (SSSR count). The van der Waals surface area contributed by atoms with Crippen molar-refractivity contribution < 1.29 is 0 Å². The van der Waals surface area contributed by atoms with Crippen molar-refractivity contribution in [2.75, 3.05) is 5.88 Å². The normalized spacial score (nSPS) is 11.6. The van der Waals surface area contributed by atoms with Crippen LogP contribution in [-0.4, -0.2) is 30.2 Å². The van der Waals surface area contributed by atoms with E-state index >= 15 is 0 Å². The molecule has 0 radical (unpaired) electrons. The van der Waals surface area contributed by atoms with Gasteiger partial charge in [-0.15, -0.1) is 22.9 Å². The van der Waals surface area contributed by atoms with E-state index in [1.54, 1.807) is 11.3 Å². The van der Waals surface area contributed by atoms with Crippen LogP contribution < -0.4 is 0 Å². The molecule has 112 valence electrons. The van der Waals surface area contributed by atoms with Gasteiger partial charge in [0.1, 0.15) is 11.3 Å². The van der Waals surface area contributed by atoms with Crippen LogP contribution in [0, 0.1) is 13.8 Å². The Morgan fingerprint density at radius 2 is 2.10 bits per heavy atom. The number of aromatic nitrogens is 5. The first-order valence-corrected chi connectivity index (χ1v) is 8.45. The van der Waals surface area contributed by atoms with E-state index in [1.807, 2.05) is 18.5 Å². The fourth-order valence-electron chi connectivity index (χ4n) is 2.57. The van der Waals surface area contributed by atoms with Gasteiger partial charge in [0.05, 0.1) is 22.9 Å². The van der Waals surface area contributed by atoms with Crippen LogP contribution in [0.2, 0.25) is 0 Å². The molecule has 3 aromatic rings. The zero-order valence-corrected chi connectivity index (χ0v) is 14.0. The second kappa shape index (κ2) is 5.77. The molecule has 0 aliphatic rings. The lowest BCUT2D eigenvalue weighted by molar-refractivity contribution is 0.632. The zero-order valence-electron chi connectivity index (χ0n) is 12.4. The maximum absolute atomic E-state index is 5.93. The smallest absolute Gasteiger partial charge is 0.159 e. The van der Waals surface area contributed by atoms with Crippen molar-refractivity contribution in [2.45, 2.75) is 40.3 Å². The van der Waals surface area contributed by atoms with Gasteiger partial charge in [0.15, 0.2) is 5.65 Å². The average molecular weight is 324 g/mol. The molecule has 0 spiro atoms. The Bertz CT molecular complexity index is 770. The fraction of sp³-hybridized carbons (Fsp3) is 0.500. The molecule has 0 aliphatic heterocycles. The van der Waals surface area contributed by atoms with Crippen molar-refractivity contribution in [3.05, 3.63) is 27.6 Å². The number of hydrogen-bond acceptors (Lipinski definition) is 4. The predicted molar refractivity (Wildman–Crippen MR) is 86.3 cm³/mol. The summed E-state index contributed by atoms with van der Waals surface area (Å²) in [7, 11) is 0. The summed E-state index contributed by atoms with van der Waals surface area (Å²) in [6.07, 6.45) is 0.752. The van der Waals surface area contributed by atoms with Gasteiger partial charge in [-0.2, -0.15) is 5.10 Å². The number of imidazole rings is 1. The van der Waals surface area contributed by atoms with Gasteiger partial charge in [0.25, 0.3) is 0 Å². The number of rotatable bonds is 5. The minimum atomic E-state index is 0.564. The number of alkyl halides is 1. The molecule has 0 atom stereocenters. The minimum absolute atomic E-state index is 0.564. The highest BCUT2D eigenvalue weighted by Crippen LogP contribution is 2.22. The third-order valence-corrected chi connectivity index (χ3v) is 4.49. The third-order valence-electron chi connectivity index (χ3n) is 3.48. The highest BCUT2D eigenvalue weighted by Gasteiger charge is 2.18. The third kappa shape index (κ3) is 2.58. The maximum atomic E-state index is 5.93. The zero-order chi connectivity index (χ0) is 15.0. The lowest BCUT2D eigenvalue weighted by atomic mass is 10.4. The van der Waals surface area contributed by atoms with Crippen LogP contribution in [0.4, 0.5) is 0 Å². The summed E-state index contributed by atoms with van der Waals surface area (Å²) in [5, 5.41) is 7.75. The van der Waals surface area contributed by atoms with Crippen molar-refractivity contribution >= 4 is 34.1 Å². The van der Waals surface area contributed by atoms with Gasteiger partial charge in [-0.3, -0.25) is 0 Å². The second-order valence-corrected chi connectivity index (χ2v) is 6.42. The van der Waals surface area contributed by atoms with Gasteiger partial charge in [-0.25, -0.2) is 14.6 Å². The molecule has 21 heavy (non-hydrogen) atoms. The molecule has 0 saturated carbocycles. The van der Waals surface area contributed by atoms with Crippen molar-refractivity contribution in [1.29, 1.82) is 0 Å². The number of hydrogen-bond donors (Lipinski definition) is 0. The first-order valence-electron chi connectivity index (χ1n) is 7.03. The summed E-state index contributed by atoms with van der Waals surface area (Å²) in [5.74, 6) is 1.57. The molecule has 0 N–H and O–H groups in total. The number of aryl methyl sites for hydroxylation is 4. The summed E-state index contributed by atoms with van der Waals surface area (Å²) in [6.45, 7) is 7.67. The molecule has 3 heterocycles. The molecule has 0 saturated heterocycles. The summed E-state index contributed by atoms with van der Waals surface area (Å²) < 4.78 is 4.21. The number of thiazole rings is 1. The van der Waals surface area contributed by atoms with Gasteiger partial charge in [0.2, 0.25) is 0 Å². The standard InChI is InChI=1S/C14H18ClN5S/c1-4-20-14-13(9(2)18-20)17-12(5-6-15)19(14)7-11-8-21-10(3)16-11/h8H,4-7H2,1-3H3. The van der Waals surface area contributed by atoms with Crippen LogP contribution >= 0.6 is 22.9 Å². The largest absolute Gasteiger partial charge is 0.307 e. The Morgan fingerprint density at radius 3 is 2.71 bits per heavy atom. The Labute approximate surface area is 132 Å². The van der Waals surface area contributed by atoms with Gasteiger partial charge < -0.3 is 4.57 Å². The maximum Gasteiger partial charge on any atom is 0.159 e. The number of nitrogens with zero attached hydrogens (tertiary/aromatic N) is 5. The quantitative estimate of drug-likeness (QED) is 0.678. The molecule has 0 aromatic carbocycles. The average Bonchev–Trinajstić information content (AvgIpc) is 3.10. The van der Waals surface area contributed by atoms with Gasteiger partial charge in [0, 0.05) is 24.2 Å². The van der Waals surface area contributed by atoms with Crippen molar-refractivity contribution in [3.63, 3.8) is 0 Å². The molecule has 0 unspecified atom stereocenters. The van der Waals surface area contributed by atoms with E-state index in [4.69, 9.17) is 16.6 Å². The fourth-order valence-corrected chi connectivity index (χ4v) is 3.35. The second-order valence-electron chi connectivity index (χ2n) is 4.98. The van der Waals surface area contributed by atoms with Crippen LogP contribution in [0.15, 0.2) is 5.38 Å². The van der Waals surface area contributed by atoms with E-state index in [9.17, 15) is 0 Å². The summed E-state index contributed by atoms with van der Waals surface area (Å²) in [6, 6.07) is 0. The van der Waals surface area contributed by atoms with Gasteiger partial charge in [-0.05, 0) is 20.8 Å². The molecule has 0 aliphatic carbocycles. The molecule has 7 heteroatoms. The van der Waals surface area contributed by atoms with Crippen molar-refractivity contribution in [3.8, 4) is 0 Å². The van der Waals surface area contributed by atoms with E-state index in [2.05, 4.69) is 27.0 Å². The van der Waals surface area contributed by atoms with Gasteiger partial charge in [-0.1, -0.05) is 0 Å². The molecule has 3 aromatic heterocycles. The van der Waals surface area contributed by atoms with Gasteiger partial charge >= 0.3 is 0 Å². The number of fused-ring (bicyclic) bond motifs is 1. The summed E-state index contributed by atoms with van der Waals surface area (Å²) >= 11 is 7.61. The Balaban J connectivity index is 2.14. The van der Waals surface area contributed by atoms with Crippen LogP contribution in [0.1, 0.15) is 29.1 Å². The minimum Gasteiger partial charge on any atom is -0.307 e. The lowest BCUT2D eigenvalue weighted by Gasteiger charge is -2.08. The molecule has 5 nitrogen and oxygen atoms in total. The highest BCUT2D eigenvalue weighted by molar-refractivity contribution is 7.09. The summed E-state index contributed by atoms with van der Waals surface area (Å²) in [5.41, 5.74) is 4.08. The Kier molecular flexibility index (Phi) is 3.99. The van der Waals surface area contributed by atoms with E-state index < -0.39 is 0 Å². The molecule has 0 bridgehead atoms. The molecular weight excluding hydrogens is 306 g/mol. The molecule has 0 fully saturated rings. The van der Waals surface area contributed by atoms with E-state index in [0.29, 0.717) is 5.88 Å². The van der Waals surface area contributed by atoms with Crippen molar-refractivity contribution in [1.82, 2.24) is 24.3 Å². The van der Waals surface area contributed by atoms with E-state index in [1.165, 1.54) is 0 Å². The van der Waals surface area contributed by atoms with Crippen LogP contribution in [0.25, 0.3) is 11.2 Å². The summed E-state index contributed by atoms with van der Waals surface area (Å²) in [4.78, 5) is 9.31. The first-order chi connectivity index (χ1) is 10.1. The topological polar surface area (TPSA) is 48.5 Å². The first kappa shape index (κ1) is 14.5. The van der Waals surface area contributed by atoms with E-state index in [-0.39, 0.29) is 0 Å². The van der Waals surface area contributed by atoms with Crippen LogP contribution in [0.3, 0.4) is 0 Å².